The van der Waals surface area contributed by atoms with E-state index in [0.29, 0.717) is 13.0 Å². The van der Waals surface area contributed by atoms with Crippen molar-refractivity contribution in [2.75, 3.05) is 6.54 Å². The van der Waals surface area contributed by atoms with E-state index in [9.17, 15) is 13.2 Å². The lowest BCUT2D eigenvalue weighted by molar-refractivity contribution is 0.0698. The molecule has 0 saturated carbocycles. The molecule has 0 amide bonds. The highest BCUT2D eigenvalue weighted by Crippen LogP contribution is 2.09. The monoisotopic (exact) mass is 253 g/mol. The van der Waals surface area contributed by atoms with Gasteiger partial charge >= 0.3 is 5.97 Å². The average Bonchev–Trinajstić information content (AvgIpc) is 2.26. The van der Waals surface area contributed by atoms with Crippen LogP contribution in [0.25, 0.3) is 0 Å². The minimum Gasteiger partial charge on any atom is -0.478 e. The number of carboxylic acid groups (broad SMARTS) is 1. The maximum Gasteiger partial charge on any atom is 0.335 e. The van der Waals surface area contributed by atoms with Crippen molar-refractivity contribution in [1.29, 1.82) is 0 Å². The van der Waals surface area contributed by atoms with Gasteiger partial charge in [0.05, 0.1) is 10.5 Å². The molecule has 0 bridgehead atoms. The van der Waals surface area contributed by atoms with E-state index in [1.807, 2.05) is 6.92 Å². The minimum atomic E-state index is -3.66. The summed E-state index contributed by atoms with van der Waals surface area (Å²) in [7, 11) is 1.77. The molecular formula is C10H12BNO4S. The highest BCUT2D eigenvalue weighted by atomic mass is 32.2. The summed E-state index contributed by atoms with van der Waals surface area (Å²) in [6, 6.07) is 3.60. The van der Waals surface area contributed by atoms with E-state index in [-0.39, 0.29) is 15.9 Å². The predicted octanol–water partition coefficient (Wildman–Crippen LogP) is -0.133. The molecule has 0 heterocycles. The second-order valence-corrected chi connectivity index (χ2v) is 5.22. The van der Waals surface area contributed by atoms with E-state index in [4.69, 9.17) is 13.0 Å². The molecule has 2 radical (unpaired) electrons. The first-order chi connectivity index (χ1) is 7.88. The van der Waals surface area contributed by atoms with Crippen molar-refractivity contribution in [1.82, 2.24) is 4.72 Å². The zero-order chi connectivity index (χ0) is 13.1. The number of sulfonamides is 1. The summed E-state index contributed by atoms with van der Waals surface area (Å²) >= 11 is 0. The number of carboxylic acids is 1. The van der Waals surface area contributed by atoms with Crippen LogP contribution in [0.2, 0.25) is 0 Å². The van der Waals surface area contributed by atoms with Gasteiger partial charge in [-0.05, 0) is 18.6 Å². The summed E-state index contributed by atoms with van der Waals surface area (Å²) in [4.78, 5) is 10.7. The van der Waals surface area contributed by atoms with Gasteiger partial charge in [-0.15, -0.1) is 0 Å². The smallest absolute Gasteiger partial charge is 0.335 e. The summed E-state index contributed by atoms with van der Waals surface area (Å²) in [5, 5.41) is 8.84. The Morgan fingerprint density at radius 2 is 2.12 bits per heavy atom. The summed E-state index contributed by atoms with van der Waals surface area (Å²) in [5.74, 6) is -1.25. The van der Waals surface area contributed by atoms with Crippen molar-refractivity contribution in [2.45, 2.75) is 18.2 Å². The van der Waals surface area contributed by atoms with Crippen LogP contribution in [0.3, 0.4) is 0 Å². The summed E-state index contributed by atoms with van der Waals surface area (Å²) in [5.41, 5.74) is -0.184. The van der Waals surface area contributed by atoms with Gasteiger partial charge in [0.1, 0.15) is 7.85 Å². The second-order valence-electron chi connectivity index (χ2n) is 3.45. The molecule has 0 spiro atoms. The zero-order valence-electron chi connectivity index (χ0n) is 9.30. The van der Waals surface area contributed by atoms with Gasteiger partial charge in [-0.2, -0.15) is 0 Å². The van der Waals surface area contributed by atoms with Gasteiger partial charge in [-0.1, -0.05) is 18.5 Å². The molecule has 1 rings (SSSR count). The number of carbonyl (C=O) groups is 1. The summed E-state index contributed by atoms with van der Waals surface area (Å²) in [6.45, 7) is 2.13. The normalized spacial score (nSPS) is 11.4. The first kappa shape index (κ1) is 13.7. The van der Waals surface area contributed by atoms with Crippen molar-refractivity contribution < 1.29 is 18.3 Å². The van der Waals surface area contributed by atoms with Crippen LogP contribution in [-0.2, 0) is 10.0 Å². The fourth-order valence-electron chi connectivity index (χ4n) is 1.21. The number of hydrogen-bond donors (Lipinski definition) is 2. The lowest BCUT2D eigenvalue weighted by atomic mass is 9.91. The van der Waals surface area contributed by atoms with Crippen LogP contribution in [0.15, 0.2) is 23.1 Å². The van der Waals surface area contributed by atoms with Gasteiger partial charge in [0, 0.05) is 6.54 Å². The molecular weight excluding hydrogens is 241 g/mol. The number of benzene rings is 1. The van der Waals surface area contributed by atoms with Crippen molar-refractivity contribution in [3.63, 3.8) is 0 Å². The van der Waals surface area contributed by atoms with Crippen LogP contribution in [0.1, 0.15) is 23.7 Å². The zero-order valence-corrected chi connectivity index (χ0v) is 10.1. The lowest BCUT2D eigenvalue weighted by Crippen LogP contribution is -2.26. The third-order valence-corrected chi connectivity index (χ3v) is 3.57. The van der Waals surface area contributed by atoms with Gasteiger partial charge in [0.2, 0.25) is 10.0 Å². The van der Waals surface area contributed by atoms with Crippen molar-refractivity contribution in [3.8, 4) is 0 Å². The summed E-state index contributed by atoms with van der Waals surface area (Å²) in [6.07, 6.45) is 0.653. The van der Waals surface area contributed by atoms with Crippen LogP contribution >= 0.6 is 0 Å². The Labute approximate surface area is 101 Å². The molecule has 1 aromatic carbocycles. The number of nitrogens with one attached hydrogen (secondary N) is 1. The molecule has 2 N–H and O–H groups in total. The summed E-state index contributed by atoms with van der Waals surface area (Å²) < 4.78 is 25.8. The van der Waals surface area contributed by atoms with Crippen molar-refractivity contribution in [3.05, 3.63) is 23.8 Å². The van der Waals surface area contributed by atoms with E-state index >= 15 is 0 Å². The van der Waals surface area contributed by atoms with E-state index in [0.717, 1.165) is 6.07 Å². The highest BCUT2D eigenvalue weighted by molar-refractivity contribution is 7.89. The molecule has 0 aliphatic rings. The third kappa shape index (κ3) is 3.31. The molecule has 1 aromatic rings. The molecule has 0 atom stereocenters. The van der Waals surface area contributed by atoms with Gasteiger partial charge in [-0.3, -0.25) is 0 Å². The molecule has 0 saturated heterocycles. The van der Waals surface area contributed by atoms with Crippen LogP contribution < -0.4 is 10.2 Å². The predicted molar refractivity (Wildman–Crippen MR) is 64.3 cm³/mol. The standard InChI is InChI=1S/C10H12BNO4S/c1-2-5-12-17(15,16)7-3-4-9(11)8(6-7)10(13)14/h3-4,6,12H,2,5H2,1H3,(H,13,14). The van der Waals surface area contributed by atoms with Gasteiger partial charge in [0.25, 0.3) is 0 Å². The van der Waals surface area contributed by atoms with Gasteiger partial charge in [0.15, 0.2) is 0 Å². The van der Waals surface area contributed by atoms with E-state index in [1.54, 1.807) is 0 Å². The van der Waals surface area contributed by atoms with Gasteiger partial charge < -0.3 is 5.11 Å². The molecule has 5 nitrogen and oxygen atoms in total. The van der Waals surface area contributed by atoms with E-state index in [1.165, 1.54) is 12.1 Å². The third-order valence-electron chi connectivity index (χ3n) is 2.11. The highest BCUT2D eigenvalue weighted by Gasteiger charge is 2.16. The maximum atomic E-state index is 11.7. The second kappa shape index (κ2) is 5.33. The van der Waals surface area contributed by atoms with E-state index in [2.05, 4.69) is 4.72 Å². The Kier molecular flexibility index (Phi) is 4.30. The van der Waals surface area contributed by atoms with Crippen LogP contribution in [-0.4, -0.2) is 33.9 Å². The fraction of sp³-hybridized carbons (Fsp3) is 0.300. The minimum absolute atomic E-state index is 0.0342. The Morgan fingerprint density at radius 3 is 2.65 bits per heavy atom. The lowest BCUT2D eigenvalue weighted by Gasteiger charge is -2.08. The molecule has 0 aliphatic carbocycles. The van der Waals surface area contributed by atoms with E-state index < -0.39 is 16.0 Å². The number of hydrogen-bond acceptors (Lipinski definition) is 3. The quantitative estimate of drug-likeness (QED) is 0.716. The first-order valence-electron chi connectivity index (χ1n) is 5.01. The Bertz CT molecular complexity index is 527. The Hall–Kier alpha value is -1.34. The van der Waals surface area contributed by atoms with Gasteiger partial charge in [-0.25, -0.2) is 17.9 Å². The fourth-order valence-corrected chi connectivity index (χ4v) is 2.37. The number of rotatable bonds is 5. The average molecular weight is 253 g/mol. The maximum absolute atomic E-state index is 11.7. The molecule has 0 aliphatic heterocycles. The first-order valence-corrected chi connectivity index (χ1v) is 6.49. The van der Waals surface area contributed by atoms with Crippen molar-refractivity contribution >= 4 is 29.3 Å². The van der Waals surface area contributed by atoms with Crippen molar-refractivity contribution in [2.24, 2.45) is 0 Å². The van der Waals surface area contributed by atoms with Crippen LogP contribution in [0.5, 0.6) is 0 Å². The Morgan fingerprint density at radius 1 is 1.47 bits per heavy atom. The molecule has 0 fully saturated rings. The SMILES string of the molecule is [B]c1ccc(S(=O)(=O)NCCC)cc1C(=O)O. The molecule has 17 heavy (non-hydrogen) atoms. The van der Waals surface area contributed by atoms with Crippen LogP contribution in [0, 0.1) is 0 Å². The topological polar surface area (TPSA) is 83.5 Å². The van der Waals surface area contributed by atoms with Crippen LogP contribution in [0.4, 0.5) is 0 Å². The molecule has 90 valence electrons. The molecule has 0 unspecified atom stereocenters. The largest absolute Gasteiger partial charge is 0.478 e. The molecule has 0 aromatic heterocycles. The number of aromatic carboxylic acids is 1. The Balaban J connectivity index is 3.16. The molecule has 7 heteroatoms.